The highest BCUT2D eigenvalue weighted by Gasteiger charge is 2.38. The molecule has 2 saturated heterocycles. The van der Waals surface area contributed by atoms with Gasteiger partial charge in [-0.3, -0.25) is 19.3 Å². The molecular weight excluding hydrogens is 258 g/mol. The summed E-state index contributed by atoms with van der Waals surface area (Å²) in [6, 6.07) is 0. The summed E-state index contributed by atoms with van der Waals surface area (Å²) < 4.78 is 0. The van der Waals surface area contributed by atoms with Gasteiger partial charge in [-0.2, -0.15) is 0 Å². The summed E-state index contributed by atoms with van der Waals surface area (Å²) in [6.45, 7) is 6.70. The lowest BCUT2D eigenvalue weighted by Crippen LogP contribution is -2.51. The predicted octanol–water partition coefficient (Wildman–Crippen LogP) is -0.0165. The molecular formula is C14H23N3O3. The SMILES string of the molecule is CC1(C)CC(=O)N(CC(=O)N2CCCNCC2)C(=O)C1. The zero-order valence-electron chi connectivity index (χ0n) is 12.3. The Hall–Kier alpha value is -1.43. The fourth-order valence-electron chi connectivity index (χ4n) is 2.72. The number of imide groups is 1. The number of piperidine rings is 1. The number of hydrogen-bond acceptors (Lipinski definition) is 4. The second-order valence-electron chi connectivity index (χ2n) is 6.38. The number of amides is 3. The highest BCUT2D eigenvalue weighted by atomic mass is 16.2. The van der Waals surface area contributed by atoms with E-state index in [1.807, 2.05) is 13.8 Å². The summed E-state index contributed by atoms with van der Waals surface area (Å²) in [6.07, 6.45) is 1.56. The molecule has 2 aliphatic heterocycles. The molecule has 0 spiro atoms. The molecule has 3 amide bonds. The Bertz CT molecular complexity index is 392. The van der Waals surface area contributed by atoms with Crippen LogP contribution in [0.3, 0.4) is 0 Å². The molecule has 0 aromatic heterocycles. The average molecular weight is 281 g/mol. The highest BCUT2D eigenvalue weighted by Crippen LogP contribution is 2.31. The molecule has 2 fully saturated rings. The van der Waals surface area contributed by atoms with E-state index in [-0.39, 0.29) is 29.7 Å². The van der Waals surface area contributed by atoms with Crippen LogP contribution in [0.1, 0.15) is 33.1 Å². The van der Waals surface area contributed by atoms with Gasteiger partial charge in [-0.25, -0.2) is 0 Å². The lowest BCUT2D eigenvalue weighted by molar-refractivity contribution is -0.156. The van der Waals surface area contributed by atoms with Crippen molar-refractivity contribution in [3.63, 3.8) is 0 Å². The molecule has 6 heteroatoms. The summed E-state index contributed by atoms with van der Waals surface area (Å²) in [4.78, 5) is 39.1. The van der Waals surface area contributed by atoms with Gasteiger partial charge >= 0.3 is 0 Å². The van der Waals surface area contributed by atoms with E-state index in [0.29, 0.717) is 25.9 Å². The fraction of sp³-hybridized carbons (Fsp3) is 0.786. The molecule has 0 unspecified atom stereocenters. The standard InChI is InChI=1S/C14H23N3O3/c1-14(2)8-11(18)17(12(19)9-14)10-13(20)16-6-3-4-15-5-7-16/h15H,3-10H2,1-2H3. The first kappa shape index (κ1) is 15.0. The minimum absolute atomic E-state index is 0.103. The molecule has 112 valence electrons. The van der Waals surface area contributed by atoms with Crippen LogP contribution in [0.2, 0.25) is 0 Å². The summed E-state index contributed by atoms with van der Waals surface area (Å²) in [5, 5.41) is 3.22. The molecule has 0 radical (unpaired) electrons. The molecule has 1 N–H and O–H groups in total. The average Bonchev–Trinajstić information content (AvgIpc) is 2.61. The van der Waals surface area contributed by atoms with Gasteiger partial charge in [0.2, 0.25) is 17.7 Å². The minimum atomic E-state index is -0.291. The lowest BCUT2D eigenvalue weighted by Gasteiger charge is -2.35. The second kappa shape index (κ2) is 5.91. The predicted molar refractivity (Wildman–Crippen MR) is 73.8 cm³/mol. The van der Waals surface area contributed by atoms with Crippen molar-refractivity contribution >= 4 is 17.7 Å². The Balaban J connectivity index is 1.96. The van der Waals surface area contributed by atoms with E-state index in [0.717, 1.165) is 24.4 Å². The topological polar surface area (TPSA) is 69.7 Å². The van der Waals surface area contributed by atoms with Gasteiger partial charge in [0.1, 0.15) is 6.54 Å². The first-order valence-electron chi connectivity index (χ1n) is 7.21. The Labute approximate surface area is 119 Å². The van der Waals surface area contributed by atoms with Crippen molar-refractivity contribution in [2.45, 2.75) is 33.1 Å². The maximum atomic E-state index is 12.2. The smallest absolute Gasteiger partial charge is 0.242 e. The van der Waals surface area contributed by atoms with Crippen molar-refractivity contribution < 1.29 is 14.4 Å². The number of rotatable bonds is 2. The van der Waals surface area contributed by atoms with Gasteiger partial charge in [-0.15, -0.1) is 0 Å². The first-order chi connectivity index (χ1) is 9.39. The summed E-state index contributed by atoms with van der Waals surface area (Å²) in [7, 11) is 0. The van der Waals surface area contributed by atoms with E-state index in [4.69, 9.17) is 0 Å². The van der Waals surface area contributed by atoms with Crippen molar-refractivity contribution in [1.82, 2.24) is 15.1 Å². The minimum Gasteiger partial charge on any atom is -0.340 e. The maximum Gasteiger partial charge on any atom is 0.242 e. The molecule has 6 nitrogen and oxygen atoms in total. The number of nitrogens with one attached hydrogen (secondary N) is 1. The van der Waals surface area contributed by atoms with Gasteiger partial charge in [-0.1, -0.05) is 13.8 Å². The molecule has 2 rings (SSSR count). The molecule has 2 aliphatic rings. The monoisotopic (exact) mass is 281 g/mol. The molecule has 0 aromatic carbocycles. The van der Waals surface area contributed by atoms with Crippen molar-refractivity contribution in [1.29, 1.82) is 0 Å². The van der Waals surface area contributed by atoms with E-state index in [2.05, 4.69) is 5.32 Å². The van der Waals surface area contributed by atoms with E-state index in [9.17, 15) is 14.4 Å². The van der Waals surface area contributed by atoms with Gasteiger partial charge in [0.15, 0.2) is 0 Å². The molecule has 0 saturated carbocycles. The fourth-order valence-corrected chi connectivity index (χ4v) is 2.72. The molecule has 0 aliphatic carbocycles. The number of nitrogens with zero attached hydrogens (tertiary/aromatic N) is 2. The van der Waals surface area contributed by atoms with E-state index >= 15 is 0 Å². The van der Waals surface area contributed by atoms with Crippen LogP contribution in [-0.4, -0.2) is 60.2 Å². The van der Waals surface area contributed by atoms with Crippen LogP contribution in [0.25, 0.3) is 0 Å². The Morgan fingerprint density at radius 1 is 1.15 bits per heavy atom. The number of likely N-dealkylation sites (tertiary alicyclic amines) is 1. The van der Waals surface area contributed by atoms with Crippen LogP contribution in [-0.2, 0) is 14.4 Å². The maximum absolute atomic E-state index is 12.2. The summed E-state index contributed by atoms with van der Waals surface area (Å²) >= 11 is 0. The van der Waals surface area contributed by atoms with Crippen molar-refractivity contribution in [3.05, 3.63) is 0 Å². The van der Waals surface area contributed by atoms with Crippen LogP contribution >= 0.6 is 0 Å². The Kier molecular flexibility index (Phi) is 4.42. The third-order valence-corrected chi connectivity index (χ3v) is 3.85. The van der Waals surface area contributed by atoms with Crippen LogP contribution in [0.4, 0.5) is 0 Å². The van der Waals surface area contributed by atoms with E-state index < -0.39 is 0 Å². The molecule has 2 heterocycles. The summed E-state index contributed by atoms with van der Waals surface area (Å²) in [5.74, 6) is -0.588. The number of hydrogen-bond donors (Lipinski definition) is 1. The Morgan fingerprint density at radius 2 is 1.80 bits per heavy atom. The normalized spacial score (nSPS) is 23.7. The lowest BCUT2D eigenvalue weighted by atomic mass is 9.82. The van der Waals surface area contributed by atoms with Gasteiger partial charge in [0, 0.05) is 32.5 Å². The molecule has 0 aromatic rings. The quantitative estimate of drug-likeness (QED) is 0.722. The van der Waals surface area contributed by atoms with Crippen molar-refractivity contribution in [2.24, 2.45) is 5.41 Å². The van der Waals surface area contributed by atoms with Gasteiger partial charge in [-0.05, 0) is 18.4 Å². The zero-order valence-corrected chi connectivity index (χ0v) is 12.3. The van der Waals surface area contributed by atoms with Crippen LogP contribution in [0.5, 0.6) is 0 Å². The molecule has 0 bridgehead atoms. The number of carbonyl (C=O) groups excluding carboxylic acids is 3. The van der Waals surface area contributed by atoms with Gasteiger partial charge in [0.05, 0.1) is 0 Å². The third-order valence-electron chi connectivity index (χ3n) is 3.85. The van der Waals surface area contributed by atoms with E-state index in [1.54, 1.807) is 4.90 Å². The summed E-state index contributed by atoms with van der Waals surface area (Å²) in [5.41, 5.74) is -0.291. The second-order valence-corrected chi connectivity index (χ2v) is 6.38. The van der Waals surface area contributed by atoms with Gasteiger partial charge < -0.3 is 10.2 Å². The zero-order chi connectivity index (χ0) is 14.8. The van der Waals surface area contributed by atoms with E-state index in [1.165, 1.54) is 0 Å². The highest BCUT2D eigenvalue weighted by molar-refractivity contribution is 6.01. The number of carbonyl (C=O) groups is 3. The van der Waals surface area contributed by atoms with Crippen LogP contribution < -0.4 is 5.32 Å². The molecule has 0 atom stereocenters. The first-order valence-corrected chi connectivity index (χ1v) is 7.21. The van der Waals surface area contributed by atoms with Crippen LogP contribution in [0, 0.1) is 5.41 Å². The van der Waals surface area contributed by atoms with Crippen molar-refractivity contribution in [2.75, 3.05) is 32.7 Å². The Morgan fingerprint density at radius 3 is 2.45 bits per heavy atom. The van der Waals surface area contributed by atoms with Crippen molar-refractivity contribution in [3.8, 4) is 0 Å². The molecule has 20 heavy (non-hydrogen) atoms. The van der Waals surface area contributed by atoms with Gasteiger partial charge in [0.25, 0.3) is 0 Å². The third kappa shape index (κ3) is 3.56. The van der Waals surface area contributed by atoms with Crippen LogP contribution in [0.15, 0.2) is 0 Å². The largest absolute Gasteiger partial charge is 0.340 e.